The highest BCUT2D eigenvalue weighted by Crippen LogP contribution is 2.45. The van der Waals surface area contributed by atoms with Gasteiger partial charge >= 0.3 is 0 Å². The molecule has 0 radical (unpaired) electrons. The molecular formula is C27H28FNO. The Hall–Kier alpha value is -2.75. The first-order chi connectivity index (χ1) is 14.6. The third-order valence-electron chi connectivity index (χ3n) is 5.75. The van der Waals surface area contributed by atoms with E-state index in [-0.39, 0.29) is 5.82 Å². The fourth-order valence-corrected chi connectivity index (χ4v) is 4.22. The van der Waals surface area contributed by atoms with Gasteiger partial charge in [0.2, 0.25) is 0 Å². The van der Waals surface area contributed by atoms with Gasteiger partial charge in [0.15, 0.2) is 0 Å². The minimum Gasteiger partial charge on any atom is -0.361 e. The minimum absolute atomic E-state index is 0.221. The van der Waals surface area contributed by atoms with Gasteiger partial charge in [0.25, 0.3) is 0 Å². The molecule has 0 bridgehead atoms. The molecule has 0 N–H and O–H groups in total. The Bertz CT molecular complexity index is 1010. The Morgan fingerprint density at radius 3 is 2.40 bits per heavy atom. The van der Waals surface area contributed by atoms with Crippen LogP contribution in [0.3, 0.4) is 0 Å². The Kier molecular flexibility index (Phi) is 6.12. The predicted octanol–water partition coefficient (Wildman–Crippen LogP) is 6.11. The standard InChI is InChI=1S/C27H28FNO/c1-29(2)18-6-17-27(24-12-14-25(28)15-13-24)26-16-11-22(19-23(26)20-30-27)10-9-21-7-4-3-5-8-21/h3-5,7-16,19H,6,17-18,20H2,1-2H3/b10-9+. The quantitative estimate of drug-likeness (QED) is 0.443. The smallest absolute Gasteiger partial charge is 0.123 e. The van der Waals surface area contributed by atoms with Gasteiger partial charge in [0, 0.05) is 0 Å². The van der Waals surface area contributed by atoms with Crippen LogP contribution in [0.1, 0.15) is 40.7 Å². The van der Waals surface area contributed by atoms with Crippen molar-refractivity contribution in [3.05, 3.63) is 106 Å². The van der Waals surface area contributed by atoms with E-state index in [4.69, 9.17) is 4.74 Å². The second-order valence-corrected chi connectivity index (χ2v) is 8.19. The molecule has 30 heavy (non-hydrogen) atoms. The zero-order valence-corrected chi connectivity index (χ0v) is 17.6. The van der Waals surface area contributed by atoms with Gasteiger partial charge in [-0.25, -0.2) is 4.39 Å². The molecule has 154 valence electrons. The third kappa shape index (κ3) is 4.38. The van der Waals surface area contributed by atoms with Crippen LogP contribution in [0.25, 0.3) is 12.2 Å². The van der Waals surface area contributed by atoms with Crippen molar-refractivity contribution in [3.63, 3.8) is 0 Å². The van der Waals surface area contributed by atoms with Crippen molar-refractivity contribution < 1.29 is 9.13 Å². The molecule has 1 heterocycles. The van der Waals surface area contributed by atoms with Crippen LogP contribution in [0.5, 0.6) is 0 Å². The lowest BCUT2D eigenvalue weighted by atomic mass is 9.81. The van der Waals surface area contributed by atoms with E-state index in [0.717, 1.165) is 30.5 Å². The van der Waals surface area contributed by atoms with E-state index in [0.29, 0.717) is 6.61 Å². The molecule has 1 aliphatic heterocycles. The molecule has 0 amide bonds. The van der Waals surface area contributed by atoms with Crippen molar-refractivity contribution in [1.82, 2.24) is 4.90 Å². The van der Waals surface area contributed by atoms with E-state index < -0.39 is 5.60 Å². The van der Waals surface area contributed by atoms with Crippen molar-refractivity contribution in [2.75, 3.05) is 20.6 Å². The monoisotopic (exact) mass is 401 g/mol. The molecule has 1 aliphatic rings. The summed E-state index contributed by atoms with van der Waals surface area (Å²) in [6.45, 7) is 1.56. The number of rotatable bonds is 7. The van der Waals surface area contributed by atoms with Crippen LogP contribution in [-0.2, 0) is 16.9 Å². The van der Waals surface area contributed by atoms with Crippen molar-refractivity contribution >= 4 is 12.2 Å². The normalized spacial score (nSPS) is 18.3. The molecule has 1 atom stereocenters. The molecule has 3 aromatic carbocycles. The fraction of sp³-hybridized carbons (Fsp3) is 0.259. The van der Waals surface area contributed by atoms with Gasteiger partial charge in [0.05, 0.1) is 6.61 Å². The lowest BCUT2D eigenvalue weighted by molar-refractivity contribution is -0.0140. The van der Waals surface area contributed by atoms with Crippen LogP contribution in [-0.4, -0.2) is 25.5 Å². The van der Waals surface area contributed by atoms with E-state index in [1.165, 1.54) is 28.8 Å². The molecule has 0 fully saturated rings. The zero-order chi connectivity index (χ0) is 21.0. The van der Waals surface area contributed by atoms with Crippen LogP contribution in [0.4, 0.5) is 4.39 Å². The van der Waals surface area contributed by atoms with E-state index in [1.807, 2.05) is 30.3 Å². The van der Waals surface area contributed by atoms with Crippen LogP contribution < -0.4 is 0 Å². The average molecular weight is 402 g/mol. The molecule has 3 aromatic rings. The second-order valence-electron chi connectivity index (χ2n) is 8.19. The van der Waals surface area contributed by atoms with E-state index in [1.54, 1.807) is 0 Å². The van der Waals surface area contributed by atoms with E-state index in [9.17, 15) is 4.39 Å². The van der Waals surface area contributed by atoms with Crippen LogP contribution in [0.15, 0.2) is 72.8 Å². The lowest BCUT2D eigenvalue weighted by Crippen LogP contribution is -2.28. The van der Waals surface area contributed by atoms with Gasteiger partial charge in [0.1, 0.15) is 11.4 Å². The maximum absolute atomic E-state index is 13.6. The molecule has 0 saturated heterocycles. The molecule has 0 spiro atoms. The summed E-state index contributed by atoms with van der Waals surface area (Å²) in [6.07, 6.45) is 6.13. The summed E-state index contributed by atoms with van der Waals surface area (Å²) in [7, 11) is 4.17. The van der Waals surface area contributed by atoms with Crippen molar-refractivity contribution in [3.8, 4) is 0 Å². The molecule has 0 aliphatic carbocycles. The highest BCUT2D eigenvalue weighted by Gasteiger charge is 2.41. The molecule has 0 saturated carbocycles. The van der Waals surface area contributed by atoms with Gasteiger partial charge in [-0.05, 0) is 79.5 Å². The third-order valence-corrected chi connectivity index (χ3v) is 5.75. The molecule has 0 aromatic heterocycles. The number of fused-ring (bicyclic) bond motifs is 1. The number of nitrogens with zero attached hydrogens (tertiary/aromatic N) is 1. The first-order valence-corrected chi connectivity index (χ1v) is 10.5. The van der Waals surface area contributed by atoms with Gasteiger partial charge < -0.3 is 9.64 Å². The summed E-state index contributed by atoms with van der Waals surface area (Å²) in [5, 5.41) is 0. The van der Waals surface area contributed by atoms with Crippen molar-refractivity contribution in [2.45, 2.75) is 25.0 Å². The predicted molar refractivity (Wildman–Crippen MR) is 122 cm³/mol. The number of ether oxygens (including phenoxy) is 1. The van der Waals surface area contributed by atoms with Gasteiger partial charge in [-0.3, -0.25) is 0 Å². The molecule has 1 unspecified atom stereocenters. The summed E-state index contributed by atoms with van der Waals surface area (Å²) in [5.41, 5.74) is 5.25. The Labute approximate surface area is 178 Å². The topological polar surface area (TPSA) is 12.5 Å². The van der Waals surface area contributed by atoms with Crippen LogP contribution in [0.2, 0.25) is 0 Å². The first kappa shape index (κ1) is 20.5. The van der Waals surface area contributed by atoms with E-state index in [2.05, 4.69) is 61.5 Å². The first-order valence-electron chi connectivity index (χ1n) is 10.5. The number of hydrogen-bond acceptors (Lipinski definition) is 2. The Morgan fingerprint density at radius 1 is 0.933 bits per heavy atom. The minimum atomic E-state index is -0.513. The molecular weight excluding hydrogens is 373 g/mol. The maximum atomic E-state index is 13.6. The molecule has 4 rings (SSSR count). The summed E-state index contributed by atoms with van der Waals surface area (Å²) < 4.78 is 20.0. The largest absolute Gasteiger partial charge is 0.361 e. The number of hydrogen-bond donors (Lipinski definition) is 0. The molecule has 2 nitrogen and oxygen atoms in total. The fourth-order valence-electron chi connectivity index (χ4n) is 4.22. The van der Waals surface area contributed by atoms with E-state index >= 15 is 0 Å². The van der Waals surface area contributed by atoms with Gasteiger partial charge in [-0.2, -0.15) is 0 Å². The second kappa shape index (κ2) is 8.95. The van der Waals surface area contributed by atoms with Crippen molar-refractivity contribution in [2.24, 2.45) is 0 Å². The van der Waals surface area contributed by atoms with Gasteiger partial charge in [-0.15, -0.1) is 0 Å². The maximum Gasteiger partial charge on any atom is 0.123 e. The highest BCUT2D eigenvalue weighted by molar-refractivity contribution is 5.70. The summed E-state index contributed by atoms with van der Waals surface area (Å²) in [4.78, 5) is 2.19. The summed E-state index contributed by atoms with van der Waals surface area (Å²) >= 11 is 0. The Balaban J connectivity index is 1.65. The highest BCUT2D eigenvalue weighted by atomic mass is 19.1. The number of halogens is 1. The van der Waals surface area contributed by atoms with Gasteiger partial charge in [-0.1, -0.05) is 66.7 Å². The summed E-state index contributed by atoms with van der Waals surface area (Å²) in [6, 6.07) is 23.6. The zero-order valence-electron chi connectivity index (χ0n) is 17.6. The average Bonchev–Trinajstić information content (AvgIpc) is 3.12. The lowest BCUT2D eigenvalue weighted by Gasteiger charge is -2.31. The SMILES string of the molecule is CN(C)CCCC1(c2ccc(F)cc2)OCc2cc(/C=C/c3ccccc3)ccc21. The number of benzene rings is 3. The van der Waals surface area contributed by atoms with Crippen LogP contribution in [0, 0.1) is 5.82 Å². The molecule has 3 heteroatoms. The van der Waals surface area contributed by atoms with Crippen LogP contribution >= 0.6 is 0 Å². The Morgan fingerprint density at radius 2 is 1.67 bits per heavy atom. The summed E-state index contributed by atoms with van der Waals surface area (Å²) in [5.74, 6) is -0.221. The van der Waals surface area contributed by atoms with Crippen molar-refractivity contribution in [1.29, 1.82) is 0 Å².